The summed E-state index contributed by atoms with van der Waals surface area (Å²) in [6, 6.07) is 7.19. The van der Waals surface area contributed by atoms with Gasteiger partial charge in [0.1, 0.15) is 0 Å². The van der Waals surface area contributed by atoms with Crippen molar-refractivity contribution in [1.82, 2.24) is 0 Å². The van der Waals surface area contributed by atoms with E-state index in [1.54, 1.807) is 12.1 Å². The predicted molar refractivity (Wildman–Crippen MR) is 61.0 cm³/mol. The minimum Gasteiger partial charge on any atom is -0.481 e. The Morgan fingerprint density at radius 2 is 2.00 bits per heavy atom. The van der Waals surface area contributed by atoms with Crippen LogP contribution in [0.5, 0.6) is 0 Å². The molecule has 15 heavy (non-hydrogen) atoms. The fourth-order valence-corrected chi connectivity index (χ4v) is 1.48. The Hall–Kier alpha value is -1.31. The normalized spacial score (nSPS) is 14.9. The topological polar surface area (TPSA) is 37.3 Å². The summed E-state index contributed by atoms with van der Waals surface area (Å²) in [4.78, 5) is 11.0. The van der Waals surface area contributed by atoms with Crippen LogP contribution in [-0.2, 0) is 11.2 Å². The minimum absolute atomic E-state index is 0.528. The van der Waals surface area contributed by atoms with Crippen LogP contribution < -0.4 is 0 Å². The molecule has 0 amide bonds. The smallest absolute Gasteiger partial charge is 0.310 e. The van der Waals surface area contributed by atoms with Crippen molar-refractivity contribution in [2.75, 3.05) is 0 Å². The van der Waals surface area contributed by atoms with E-state index in [2.05, 4.69) is 13.8 Å². The molecule has 1 aromatic rings. The third-order valence-electron chi connectivity index (χ3n) is 2.25. The van der Waals surface area contributed by atoms with E-state index in [1.807, 2.05) is 12.1 Å². The molecular weight excluding hydrogens is 188 g/mol. The van der Waals surface area contributed by atoms with Crippen LogP contribution in [0.1, 0.15) is 40.5 Å². The standard InChI is InChI=1S/C13H18O2/c1-9(2)8-11-4-6-12(7-5-11)10(3)13(14)15/h4-7,9-10H,8H2,1-3H3,(H,14,15)/i3D2. The third-order valence-corrected chi connectivity index (χ3v) is 2.25. The molecule has 0 saturated heterocycles. The lowest BCUT2D eigenvalue weighted by atomic mass is 9.97. The van der Waals surface area contributed by atoms with E-state index in [0.717, 1.165) is 12.0 Å². The lowest BCUT2D eigenvalue weighted by molar-refractivity contribution is -0.138. The van der Waals surface area contributed by atoms with Gasteiger partial charge in [-0.15, -0.1) is 0 Å². The Balaban J connectivity index is 2.88. The second-order valence-corrected chi connectivity index (χ2v) is 4.16. The molecule has 0 bridgehead atoms. The Labute approximate surface area is 93.8 Å². The van der Waals surface area contributed by atoms with Crippen molar-refractivity contribution in [2.45, 2.75) is 33.1 Å². The van der Waals surface area contributed by atoms with Gasteiger partial charge in [0, 0.05) is 2.74 Å². The number of aliphatic carboxylic acids is 1. The number of hydrogen-bond acceptors (Lipinski definition) is 1. The highest BCUT2D eigenvalue weighted by Gasteiger charge is 2.12. The zero-order chi connectivity index (χ0) is 13.0. The molecule has 82 valence electrons. The zero-order valence-corrected chi connectivity index (χ0v) is 9.10. The van der Waals surface area contributed by atoms with Gasteiger partial charge in [-0.3, -0.25) is 4.79 Å². The molecule has 0 aliphatic heterocycles. The van der Waals surface area contributed by atoms with Crippen LogP contribution in [0.2, 0.25) is 0 Å². The van der Waals surface area contributed by atoms with E-state index in [9.17, 15) is 4.79 Å². The Kier molecular flexibility index (Phi) is 2.96. The highest BCUT2D eigenvalue weighted by molar-refractivity contribution is 5.75. The summed E-state index contributed by atoms with van der Waals surface area (Å²) in [5.74, 6) is -1.63. The minimum atomic E-state index is -1.39. The van der Waals surface area contributed by atoms with Crippen LogP contribution in [0.4, 0.5) is 0 Å². The number of benzene rings is 1. The lowest BCUT2D eigenvalue weighted by Crippen LogP contribution is -2.07. The summed E-state index contributed by atoms with van der Waals surface area (Å²) in [6.07, 6.45) is 0.948. The molecular formula is C13H18O2. The van der Waals surface area contributed by atoms with Gasteiger partial charge in [0.2, 0.25) is 0 Å². The van der Waals surface area contributed by atoms with Crippen molar-refractivity contribution in [1.29, 1.82) is 0 Å². The van der Waals surface area contributed by atoms with E-state index in [0.29, 0.717) is 11.5 Å². The highest BCUT2D eigenvalue weighted by Crippen LogP contribution is 2.17. The molecule has 1 unspecified atom stereocenters. The van der Waals surface area contributed by atoms with Gasteiger partial charge in [0.05, 0.1) is 5.92 Å². The number of carboxylic acid groups (broad SMARTS) is 1. The number of rotatable bonds is 4. The largest absolute Gasteiger partial charge is 0.481 e. The fraction of sp³-hybridized carbons (Fsp3) is 0.462. The highest BCUT2D eigenvalue weighted by atomic mass is 16.4. The van der Waals surface area contributed by atoms with Crippen molar-refractivity contribution >= 4 is 5.97 Å². The summed E-state index contributed by atoms with van der Waals surface area (Å²) in [7, 11) is 0. The molecule has 0 aromatic heterocycles. The zero-order valence-electron chi connectivity index (χ0n) is 11.1. The Bertz CT molecular complexity index is 372. The lowest BCUT2D eigenvalue weighted by Gasteiger charge is -2.09. The molecule has 0 spiro atoms. The van der Waals surface area contributed by atoms with Gasteiger partial charge in [0.15, 0.2) is 0 Å². The molecule has 0 heterocycles. The van der Waals surface area contributed by atoms with Crippen molar-refractivity contribution in [3.8, 4) is 0 Å². The van der Waals surface area contributed by atoms with Crippen molar-refractivity contribution in [3.63, 3.8) is 0 Å². The van der Waals surface area contributed by atoms with Crippen molar-refractivity contribution < 1.29 is 12.6 Å². The molecule has 0 radical (unpaired) electrons. The SMILES string of the molecule is [2H]C([2H])C(C(=O)O)c1ccc(CC(C)C)cc1. The molecule has 0 aliphatic carbocycles. The summed E-state index contributed by atoms with van der Waals surface area (Å²) >= 11 is 0. The van der Waals surface area contributed by atoms with Crippen LogP contribution in [-0.4, -0.2) is 11.1 Å². The van der Waals surface area contributed by atoms with Crippen LogP contribution in [0.3, 0.4) is 0 Å². The summed E-state index contributed by atoms with van der Waals surface area (Å²) in [5, 5.41) is 8.97. The molecule has 1 N–H and O–H groups in total. The first kappa shape index (κ1) is 8.96. The van der Waals surface area contributed by atoms with Gasteiger partial charge in [0.25, 0.3) is 0 Å². The van der Waals surface area contributed by atoms with Gasteiger partial charge in [-0.2, -0.15) is 0 Å². The Morgan fingerprint density at radius 3 is 2.40 bits per heavy atom. The monoisotopic (exact) mass is 208 g/mol. The third kappa shape index (κ3) is 3.39. The molecule has 1 rings (SSSR count). The summed E-state index contributed by atoms with van der Waals surface area (Å²) < 4.78 is 14.5. The number of hydrogen-bond donors (Lipinski definition) is 1. The van der Waals surface area contributed by atoms with E-state index < -0.39 is 18.8 Å². The van der Waals surface area contributed by atoms with E-state index in [-0.39, 0.29) is 0 Å². The van der Waals surface area contributed by atoms with Gasteiger partial charge in [-0.05, 0) is 30.3 Å². The number of carboxylic acids is 1. The van der Waals surface area contributed by atoms with Crippen LogP contribution in [0.25, 0.3) is 0 Å². The predicted octanol–water partition coefficient (Wildman–Crippen LogP) is 3.07. The Morgan fingerprint density at radius 1 is 1.40 bits per heavy atom. The molecule has 0 saturated carbocycles. The molecule has 2 nitrogen and oxygen atoms in total. The maximum atomic E-state index is 11.0. The fourth-order valence-electron chi connectivity index (χ4n) is 1.48. The van der Waals surface area contributed by atoms with E-state index in [4.69, 9.17) is 7.85 Å². The summed E-state index contributed by atoms with van der Waals surface area (Å²) in [5.41, 5.74) is 1.68. The summed E-state index contributed by atoms with van der Waals surface area (Å²) in [6.45, 7) is 2.86. The van der Waals surface area contributed by atoms with E-state index >= 15 is 0 Å². The maximum Gasteiger partial charge on any atom is 0.310 e. The maximum absolute atomic E-state index is 11.0. The van der Waals surface area contributed by atoms with Gasteiger partial charge >= 0.3 is 5.97 Å². The molecule has 0 aliphatic rings. The van der Waals surface area contributed by atoms with Crippen LogP contribution >= 0.6 is 0 Å². The number of carbonyl (C=O) groups is 1. The van der Waals surface area contributed by atoms with Gasteiger partial charge in [-0.25, -0.2) is 0 Å². The first-order valence-corrected chi connectivity index (χ1v) is 5.08. The van der Waals surface area contributed by atoms with Crippen molar-refractivity contribution in [2.24, 2.45) is 5.92 Å². The molecule has 1 atom stereocenters. The average molecular weight is 208 g/mol. The quantitative estimate of drug-likeness (QED) is 0.825. The van der Waals surface area contributed by atoms with E-state index in [1.165, 1.54) is 0 Å². The van der Waals surface area contributed by atoms with Gasteiger partial charge < -0.3 is 5.11 Å². The molecule has 2 heteroatoms. The van der Waals surface area contributed by atoms with Crippen LogP contribution in [0.15, 0.2) is 24.3 Å². The molecule has 1 aromatic carbocycles. The second-order valence-electron chi connectivity index (χ2n) is 4.16. The van der Waals surface area contributed by atoms with Gasteiger partial charge in [-0.1, -0.05) is 38.1 Å². The first-order chi connectivity index (χ1) is 7.91. The first-order valence-electron chi connectivity index (χ1n) is 6.23. The van der Waals surface area contributed by atoms with Crippen LogP contribution in [0, 0.1) is 5.92 Å². The molecule has 0 fully saturated rings. The van der Waals surface area contributed by atoms with Crippen molar-refractivity contribution in [3.05, 3.63) is 35.4 Å². The average Bonchev–Trinajstić information content (AvgIpc) is 2.18. The second kappa shape index (κ2) is 4.96.